The molecule has 0 aliphatic rings. The predicted octanol–water partition coefficient (Wildman–Crippen LogP) is 1.65. The summed E-state index contributed by atoms with van der Waals surface area (Å²) in [5.41, 5.74) is 3.60. The average Bonchev–Trinajstić information content (AvgIpc) is 2.28. The second-order valence-electron chi connectivity index (χ2n) is 2.99. The minimum absolute atomic E-state index is 0.0553. The highest BCUT2D eigenvalue weighted by molar-refractivity contribution is 5.90. The molecule has 0 aliphatic carbocycles. The zero-order valence-corrected chi connectivity index (χ0v) is 8.91. The summed E-state index contributed by atoms with van der Waals surface area (Å²) in [7, 11) is 0. The summed E-state index contributed by atoms with van der Waals surface area (Å²) in [5, 5.41) is 8.75. The van der Waals surface area contributed by atoms with Gasteiger partial charge in [0.1, 0.15) is 11.8 Å². The molecule has 1 heterocycles. The molecule has 7 heteroatoms. The number of nitrogens with zero attached hydrogens (tertiary/aromatic N) is 2. The van der Waals surface area contributed by atoms with Crippen molar-refractivity contribution in [1.82, 2.24) is 4.98 Å². The molecule has 5 nitrogen and oxygen atoms in total. The summed E-state index contributed by atoms with van der Waals surface area (Å²) < 4.78 is 29.6. The van der Waals surface area contributed by atoms with E-state index in [0.29, 0.717) is 0 Å². The lowest BCUT2D eigenvalue weighted by molar-refractivity contribution is 0.0517. The van der Waals surface area contributed by atoms with Crippen LogP contribution in [0.25, 0.3) is 0 Å². The summed E-state index contributed by atoms with van der Waals surface area (Å²) in [5.74, 6) is -0.925. The van der Waals surface area contributed by atoms with Gasteiger partial charge in [0.2, 0.25) is 0 Å². The second-order valence-corrected chi connectivity index (χ2v) is 2.99. The first kappa shape index (κ1) is 12.8. The number of esters is 1. The van der Waals surface area contributed by atoms with E-state index in [9.17, 15) is 13.6 Å². The smallest absolute Gasteiger partial charge is 0.358 e. The van der Waals surface area contributed by atoms with Crippen molar-refractivity contribution in [3.05, 3.63) is 23.0 Å². The molecule has 0 amide bonds. The van der Waals surface area contributed by atoms with Gasteiger partial charge < -0.3 is 10.5 Å². The quantitative estimate of drug-likeness (QED) is 0.812. The molecule has 1 rings (SSSR count). The van der Waals surface area contributed by atoms with Gasteiger partial charge in [0.15, 0.2) is 5.69 Å². The topological polar surface area (TPSA) is 89.0 Å². The molecule has 0 atom stereocenters. The van der Waals surface area contributed by atoms with E-state index in [0.717, 1.165) is 6.07 Å². The van der Waals surface area contributed by atoms with Crippen LogP contribution in [-0.4, -0.2) is 17.6 Å². The maximum absolute atomic E-state index is 12.5. The summed E-state index contributed by atoms with van der Waals surface area (Å²) in [6, 6.07) is 2.64. The van der Waals surface area contributed by atoms with Crippen molar-refractivity contribution in [1.29, 1.82) is 5.26 Å². The molecule has 2 N–H and O–H groups in total. The molecule has 0 aliphatic heterocycles. The van der Waals surface area contributed by atoms with E-state index in [2.05, 4.69) is 9.72 Å². The van der Waals surface area contributed by atoms with Crippen molar-refractivity contribution in [3.8, 4) is 6.07 Å². The SMILES string of the molecule is CCOC(=O)c1nc(C(F)F)c(N)cc1C#N. The van der Waals surface area contributed by atoms with Crippen LogP contribution in [0.15, 0.2) is 6.07 Å². The fraction of sp³-hybridized carbons (Fsp3) is 0.300. The first-order valence-electron chi connectivity index (χ1n) is 4.67. The minimum atomic E-state index is -2.92. The number of ether oxygens (including phenoxy) is 1. The van der Waals surface area contributed by atoms with Gasteiger partial charge in [0.25, 0.3) is 6.43 Å². The number of hydrogen-bond acceptors (Lipinski definition) is 5. The van der Waals surface area contributed by atoms with Crippen LogP contribution in [-0.2, 0) is 4.74 Å². The molecule has 1 aromatic rings. The standard InChI is InChI=1S/C10H9F2N3O2/c1-2-17-10(16)7-5(4-13)3-6(14)8(15-7)9(11)12/h3,9H,2,14H2,1H3. The number of nitrogen functional groups attached to an aromatic ring is 1. The molecule has 0 radical (unpaired) electrons. The van der Waals surface area contributed by atoms with E-state index < -0.39 is 23.8 Å². The maximum atomic E-state index is 12.5. The van der Waals surface area contributed by atoms with Crippen LogP contribution in [0, 0.1) is 11.3 Å². The lowest BCUT2D eigenvalue weighted by Crippen LogP contribution is -2.13. The number of carbonyl (C=O) groups is 1. The highest BCUT2D eigenvalue weighted by Gasteiger charge is 2.21. The Bertz CT molecular complexity index is 483. The van der Waals surface area contributed by atoms with Crippen LogP contribution in [0.3, 0.4) is 0 Å². The van der Waals surface area contributed by atoms with Crippen molar-refractivity contribution in [3.63, 3.8) is 0 Å². The zero-order chi connectivity index (χ0) is 13.0. The van der Waals surface area contributed by atoms with Crippen molar-refractivity contribution in [2.45, 2.75) is 13.3 Å². The monoisotopic (exact) mass is 241 g/mol. The Morgan fingerprint density at radius 3 is 2.82 bits per heavy atom. The summed E-state index contributed by atoms with van der Waals surface area (Å²) >= 11 is 0. The number of halogens is 2. The molecule has 1 aromatic heterocycles. The fourth-order valence-corrected chi connectivity index (χ4v) is 1.16. The third-order valence-electron chi connectivity index (χ3n) is 1.88. The zero-order valence-electron chi connectivity index (χ0n) is 8.91. The highest BCUT2D eigenvalue weighted by Crippen LogP contribution is 2.25. The van der Waals surface area contributed by atoms with Crippen molar-refractivity contribution >= 4 is 11.7 Å². The number of alkyl halides is 2. The predicted molar refractivity (Wildman–Crippen MR) is 54.3 cm³/mol. The Morgan fingerprint density at radius 2 is 2.35 bits per heavy atom. The maximum Gasteiger partial charge on any atom is 0.358 e. The number of rotatable bonds is 3. The van der Waals surface area contributed by atoms with Gasteiger partial charge in [-0.3, -0.25) is 0 Å². The lowest BCUT2D eigenvalue weighted by Gasteiger charge is -2.08. The number of nitriles is 1. The summed E-state index contributed by atoms with van der Waals surface area (Å²) in [6.45, 7) is 1.61. The summed E-state index contributed by atoms with van der Waals surface area (Å²) in [4.78, 5) is 14.8. The third kappa shape index (κ3) is 2.66. The molecule has 0 aromatic carbocycles. The fourth-order valence-electron chi connectivity index (χ4n) is 1.16. The first-order chi connectivity index (χ1) is 8.01. The normalized spacial score (nSPS) is 10.1. The van der Waals surface area contributed by atoms with E-state index in [-0.39, 0.29) is 17.9 Å². The lowest BCUT2D eigenvalue weighted by atomic mass is 10.1. The van der Waals surface area contributed by atoms with Crippen molar-refractivity contribution in [2.75, 3.05) is 12.3 Å². The second kappa shape index (κ2) is 5.21. The van der Waals surface area contributed by atoms with Gasteiger partial charge in [-0.2, -0.15) is 5.26 Å². The van der Waals surface area contributed by atoms with Crippen molar-refractivity contribution < 1.29 is 18.3 Å². The van der Waals surface area contributed by atoms with E-state index in [4.69, 9.17) is 11.0 Å². The minimum Gasteiger partial charge on any atom is -0.461 e. The molecular formula is C10H9F2N3O2. The van der Waals surface area contributed by atoms with Gasteiger partial charge in [0.05, 0.1) is 17.9 Å². The molecule has 0 saturated carbocycles. The average molecular weight is 241 g/mol. The number of anilines is 1. The molecule has 17 heavy (non-hydrogen) atoms. The van der Waals surface area contributed by atoms with Crippen molar-refractivity contribution in [2.24, 2.45) is 0 Å². The molecule has 0 unspecified atom stereocenters. The van der Waals surface area contributed by atoms with Crippen LogP contribution in [0.5, 0.6) is 0 Å². The van der Waals surface area contributed by atoms with E-state index >= 15 is 0 Å². The number of pyridine rings is 1. The third-order valence-corrected chi connectivity index (χ3v) is 1.88. The largest absolute Gasteiger partial charge is 0.461 e. The number of aromatic nitrogens is 1. The van der Waals surface area contributed by atoms with E-state index in [1.165, 1.54) is 0 Å². The van der Waals surface area contributed by atoms with Crippen LogP contribution < -0.4 is 5.73 Å². The van der Waals surface area contributed by atoms with Crippen LogP contribution >= 0.6 is 0 Å². The first-order valence-corrected chi connectivity index (χ1v) is 4.67. The van der Waals surface area contributed by atoms with Gasteiger partial charge in [0, 0.05) is 0 Å². The molecule has 0 spiro atoms. The summed E-state index contributed by atoms with van der Waals surface area (Å²) in [6.07, 6.45) is -2.92. The number of carbonyl (C=O) groups excluding carboxylic acids is 1. The Kier molecular flexibility index (Phi) is 3.93. The number of nitrogens with two attached hydrogens (primary N) is 1. The van der Waals surface area contributed by atoms with Crippen LogP contribution in [0.2, 0.25) is 0 Å². The Balaban J connectivity index is 3.32. The van der Waals surface area contributed by atoms with Gasteiger partial charge >= 0.3 is 5.97 Å². The molecule has 0 saturated heterocycles. The van der Waals surface area contributed by atoms with Crippen LogP contribution in [0.4, 0.5) is 14.5 Å². The van der Waals surface area contributed by atoms with Gasteiger partial charge in [-0.25, -0.2) is 18.6 Å². The number of hydrogen-bond donors (Lipinski definition) is 1. The van der Waals surface area contributed by atoms with E-state index in [1.807, 2.05) is 0 Å². The Hall–Kier alpha value is -2.23. The van der Waals surface area contributed by atoms with Crippen LogP contribution in [0.1, 0.15) is 35.1 Å². The Morgan fingerprint density at radius 1 is 1.71 bits per heavy atom. The van der Waals surface area contributed by atoms with Gasteiger partial charge in [-0.1, -0.05) is 0 Å². The van der Waals surface area contributed by atoms with Gasteiger partial charge in [-0.15, -0.1) is 0 Å². The molecule has 0 bridgehead atoms. The van der Waals surface area contributed by atoms with E-state index in [1.54, 1.807) is 13.0 Å². The molecule has 0 fully saturated rings. The molecular weight excluding hydrogens is 232 g/mol. The Labute approximate surface area is 95.8 Å². The molecule has 90 valence electrons. The van der Waals surface area contributed by atoms with Gasteiger partial charge in [-0.05, 0) is 13.0 Å². The highest BCUT2D eigenvalue weighted by atomic mass is 19.3.